The fourth-order valence-electron chi connectivity index (χ4n) is 3.17. The smallest absolute Gasteiger partial charge is 0.312 e. The first-order valence-corrected chi connectivity index (χ1v) is 12.0. The summed E-state index contributed by atoms with van der Waals surface area (Å²) in [6, 6.07) is 19.1. The summed E-state index contributed by atoms with van der Waals surface area (Å²) >= 11 is 1.88. The van der Waals surface area contributed by atoms with Crippen LogP contribution in [-0.4, -0.2) is 26.2 Å². The fraction of sp³-hybridized carbons (Fsp3) is 0.429. The van der Waals surface area contributed by atoms with E-state index in [1.807, 2.05) is 23.9 Å². The van der Waals surface area contributed by atoms with Crippen LogP contribution in [0.5, 0.6) is 0 Å². The Morgan fingerprint density at radius 3 is 2.12 bits per heavy atom. The normalized spacial score (nSPS) is 14.2. The maximum Gasteiger partial charge on any atom is 0.334 e. The molecule has 5 heteroatoms. The highest BCUT2D eigenvalue weighted by molar-refractivity contribution is 7.98. The summed E-state index contributed by atoms with van der Waals surface area (Å²) in [4.78, 5) is 0. The van der Waals surface area contributed by atoms with E-state index in [-0.39, 0.29) is 0 Å². The third-order valence-electron chi connectivity index (χ3n) is 4.76. The van der Waals surface area contributed by atoms with Crippen molar-refractivity contribution in [2.45, 2.75) is 31.3 Å². The summed E-state index contributed by atoms with van der Waals surface area (Å²) in [7, 11) is -0.164. The van der Waals surface area contributed by atoms with Crippen LogP contribution in [0.4, 0.5) is 0 Å². The maximum absolute atomic E-state index is 12.3. The number of hydrogen-bond acceptors (Lipinski definition) is 4. The van der Waals surface area contributed by atoms with E-state index in [1.54, 1.807) is 0 Å². The molecule has 0 aliphatic rings. The average molecular weight is 393 g/mol. The Morgan fingerprint density at radius 2 is 1.58 bits per heavy atom. The Balaban J connectivity index is 2.11. The molecule has 2 rings (SSSR count). The standard InChI is InChI=1S/C21H29O3PS/c1-17(19-8-6-5-7-9-19)14-21(16-26-4)20-12-10-18(11-13-20)15-25(22,23-2)24-3/h5-13,17,21H,14-16H2,1-4H3. The van der Waals surface area contributed by atoms with E-state index in [9.17, 15) is 4.57 Å². The molecule has 0 saturated heterocycles. The van der Waals surface area contributed by atoms with Gasteiger partial charge in [0.1, 0.15) is 0 Å². The van der Waals surface area contributed by atoms with Gasteiger partial charge in [0.15, 0.2) is 0 Å². The highest BCUT2D eigenvalue weighted by Crippen LogP contribution is 2.49. The van der Waals surface area contributed by atoms with Crippen LogP contribution < -0.4 is 0 Å². The van der Waals surface area contributed by atoms with Crippen LogP contribution in [0.15, 0.2) is 54.6 Å². The van der Waals surface area contributed by atoms with Crippen LogP contribution in [0.2, 0.25) is 0 Å². The van der Waals surface area contributed by atoms with Gasteiger partial charge in [0, 0.05) is 14.2 Å². The minimum atomic E-state index is -3.02. The van der Waals surface area contributed by atoms with Gasteiger partial charge in [-0.05, 0) is 47.0 Å². The Morgan fingerprint density at radius 1 is 0.962 bits per heavy atom. The van der Waals surface area contributed by atoms with E-state index in [4.69, 9.17) is 9.05 Å². The van der Waals surface area contributed by atoms with Gasteiger partial charge in [-0.1, -0.05) is 61.5 Å². The SMILES string of the molecule is COP(=O)(Cc1ccc(C(CSC)CC(C)c2ccccc2)cc1)OC. The third kappa shape index (κ3) is 5.99. The van der Waals surface area contributed by atoms with E-state index in [0.717, 1.165) is 17.7 Å². The zero-order valence-corrected chi connectivity index (χ0v) is 17.8. The van der Waals surface area contributed by atoms with Crippen LogP contribution in [-0.2, 0) is 19.8 Å². The van der Waals surface area contributed by atoms with Crippen LogP contribution in [0, 0.1) is 0 Å². The quantitative estimate of drug-likeness (QED) is 0.444. The first-order chi connectivity index (χ1) is 12.5. The van der Waals surface area contributed by atoms with Crippen molar-refractivity contribution < 1.29 is 13.6 Å². The van der Waals surface area contributed by atoms with Crippen LogP contribution in [0.3, 0.4) is 0 Å². The summed E-state index contributed by atoms with van der Waals surface area (Å²) in [6.07, 6.45) is 3.56. The Bertz CT molecular complexity index is 695. The number of hydrogen-bond donors (Lipinski definition) is 0. The fourth-order valence-corrected chi connectivity index (χ4v) is 4.96. The zero-order chi connectivity index (χ0) is 19.0. The molecule has 0 spiro atoms. The predicted molar refractivity (Wildman–Crippen MR) is 112 cm³/mol. The van der Waals surface area contributed by atoms with Crippen molar-refractivity contribution in [3.05, 3.63) is 71.3 Å². The highest BCUT2D eigenvalue weighted by Gasteiger charge is 2.22. The lowest BCUT2D eigenvalue weighted by Gasteiger charge is -2.22. The molecule has 0 aliphatic heterocycles. The van der Waals surface area contributed by atoms with Gasteiger partial charge in [-0.25, -0.2) is 0 Å². The lowest BCUT2D eigenvalue weighted by atomic mass is 9.87. The molecule has 0 bridgehead atoms. The Kier molecular flexibility index (Phi) is 8.43. The molecule has 0 radical (unpaired) electrons. The molecular formula is C21H29O3PS. The van der Waals surface area contributed by atoms with E-state index >= 15 is 0 Å². The minimum absolute atomic E-state index is 0.299. The van der Waals surface area contributed by atoms with Gasteiger partial charge in [-0.2, -0.15) is 11.8 Å². The average Bonchev–Trinajstić information content (AvgIpc) is 2.68. The summed E-state index contributed by atoms with van der Waals surface area (Å²) in [5.41, 5.74) is 3.69. The predicted octanol–water partition coefficient (Wildman–Crippen LogP) is 6.31. The molecule has 2 unspecified atom stereocenters. The largest absolute Gasteiger partial charge is 0.334 e. The molecule has 0 fully saturated rings. The first kappa shape index (κ1) is 21.2. The molecule has 2 aromatic rings. The summed E-state index contributed by atoms with van der Waals surface area (Å²) < 4.78 is 22.4. The molecule has 26 heavy (non-hydrogen) atoms. The van der Waals surface area contributed by atoms with E-state index in [2.05, 4.69) is 55.6 Å². The summed E-state index contributed by atoms with van der Waals surface area (Å²) in [5.74, 6) is 2.09. The summed E-state index contributed by atoms with van der Waals surface area (Å²) in [6.45, 7) is 2.30. The molecule has 0 saturated carbocycles. The van der Waals surface area contributed by atoms with Gasteiger partial charge in [-0.15, -0.1) is 0 Å². The van der Waals surface area contributed by atoms with Crippen molar-refractivity contribution in [3.63, 3.8) is 0 Å². The monoisotopic (exact) mass is 392 g/mol. The number of thioether (sulfide) groups is 1. The topological polar surface area (TPSA) is 35.5 Å². The minimum Gasteiger partial charge on any atom is -0.312 e. The molecule has 2 atom stereocenters. The Labute approximate surface area is 162 Å². The van der Waals surface area contributed by atoms with Crippen molar-refractivity contribution in [2.24, 2.45) is 0 Å². The molecule has 0 N–H and O–H groups in total. The number of benzene rings is 2. The van der Waals surface area contributed by atoms with Gasteiger partial charge in [0.05, 0.1) is 6.16 Å². The second-order valence-corrected chi connectivity index (χ2v) is 9.75. The van der Waals surface area contributed by atoms with Crippen molar-refractivity contribution in [2.75, 3.05) is 26.2 Å². The van der Waals surface area contributed by atoms with Gasteiger partial charge < -0.3 is 9.05 Å². The molecule has 0 aromatic heterocycles. The molecule has 142 valence electrons. The van der Waals surface area contributed by atoms with Crippen molar-refractivity contribution in [1.82, 2.24) is 0 Å². The second kappa shape index (κ2) is 10.3. The van der Waals surface area contributed by atoms with Gasteiger partial charge in [0.2, 0.25) is 0 Å². The van der Waals surface area contributed by atoms with E-state index in [0.29, 0.717) is 18.0 Å². The molecule has 3 nitrogen and oxygen atoms in total. The molecule has 0 aliphatic carbocycles. The second-order valence-electron chi connectivity index (χ2n) is 6.58. The van der Waals surface area contributed by atoms with Gasteiger partial charge in [0.25, 0.3) is 0 Å². The van der Waals surface area contributed by atoms with Crippen LogP contribution >= 0.6 is 19.4 Å². The first-order valence-electron chi connectivity index (χ1n) is 8.84. The lowest BCUT2D eigenvalue weighted by Crippen LogP contribution is -2.07. The lowest BCUT2D eigenvalue weighted by molar-refractivity contribution is 0.275. The van der Waals surface area contributed by atoms with E-state index < -0.39 is 7.60 Å². The van der Waals surface area contributed by atoms with Crippen molar-refractivity contribution in [1.29, 1.82) is 0 Å². The summed E-state index contributed by atoms with van der Waals surface area (Å²) in [5, 5.41) is 0. The highest BCUT2D eigenvalue weighted by atomic mass is 32.2. The maximum atomic E-state index is 12.3. The van der Waals surface area contributed by atoms with Crippen molar-refractivity contribution >= 4 is 19.4 Å². The molecule has 2 aromatic carbocycles. The van der Waals surface area contributed by atoms with Crippen molar-refractivity contribution in [3.8, 4) is 0 Å². The van der Waals surface area contributed by atoms with Crippen LogP contribution in [0.25, 0.3) is 0 Å². The van der Waals surface area contributed by atoms with Gasteiger partial charge in [-0.3, -0.25) is 4.57 Å². The Hall–Kier alpha value is -1.06. The van der Waals surface area contributed by atoms with Crippen LogP contribution in [0.1, 0.15) is 41.9 Å². The third-order valence-corrected chi connectivity index (χ3v) is 7.36. The van der Waals surface area contributed by atoms with E-state index in [1.165, 1.54) is 25.3 Å². The molecule has 0 amide bonds. The molecular weight excluding hydrogens is 363 g/mol. The molecule has 0 heterocycles. The number of rotatable bonds is 10. The zero-order valence-electron chi connectivity index (χ0n) is 16.1. The van der Waals surface area contributed by atoms with Gasteiger partial charge >= 0.3 is 7.60 Å².